The van der Waals surface area contributed by atoms with Gasteiger partial charge in [-0.25, -0.2) is 0 Å². The highest BCUT2D eigenvalue weighted by Crippen LogP contribution is 2.10. The Bertz CT molecular complexity index is 409. The molecule has 1 N–H and O–H groups in total. The van der Waals surface area contributed by atoms with Crippen molar-refractivity contribution in [1.82, 2.24) is 0 Å². The van der Waals surface area contributed by atoms with Crippen LogP contribution in [0.15, 0.2) is 54.9 Å². The van der Waals surface area contributed by atoms with Gasteiger partial charge >= 0.3 is 0 Å². The third-order valence-electron chi connectivity index (χ3n) is 2.32. The number of para-hydroxylation sites is 1. The predicted octanol–water partition coefficient (Wildman–Crippen LogP) is 2.34. The lowest BCUT2D eigenvalue weighted by molar-refractivity contribution is -0.117. The van der Waals surface area contributed by atoms with E-state index >= 15 is 0 Å². The maximum Gasteiger partial charge on any atom is 0.167 e. The average Bonchev–Trinajstić information content (AvgIpc) is 2.84. The zero-order valence-corrected chi connectivity index (χ0v) is 8.80. The smallest absolute Gasteiger partial charge is 0.167 e. The number of anilines is 1. The van der Waals surface area contributed by atoms with Gasteiger partial charge in [0.15, 0.2) is 5.78 Å². The lowest BCUT2D eigenvalue weighted by Crippen LogP contribution is -2.11. The first-order chi connectivity index (χ1) is 7.86. The fourth-order valence-electron chi connectivity index (χ4n) is 1.42. The van der Waals surface area contributed by atoms with Gasteiger partial charge in [0.1, 0.15) is 6.61 Å². The molecule has 1 atom stereocenters. The van der Waals surface area contributed by atoms with E-state index in [1.54, 1.807) is 18.5 Å². The summed E-state index contributed by atoms with van der Waals surface area (Å²) in [5, 5.41) is 3.03. The topological polar surface area (TPSA) is 38.3 Å². The number of ether oxygens (including phenoxy) is 1. The van der Waals surface area contributed by atoms with Gasteiger partial charge in [0, 0.05) is 11.9 Å². The zero-order chi connectivity index (χ0) is 11.2. The molecule has 3 nitrogen and oxygen atoms in total. The normalized spacial score (nSPS) is 18.6. The minimum Gasteiger partial charge on any atom is -0.500 e. The van der Waals surface area contributed by atoms with Gasteiger partial charge in [-0.1, -0.05) is 18.2 Å². The Labute approximate surface area is 94.4 Å². The first-order valence-electron chi connectivity index (χ1n) is 5.16. The summed E-state index contributed by atoms with van der Waals surface area (Å²) < 4.78 is 4.99. The second-order valence-corrected chi connectivity index (χ2v) is 3.51. The van der Waals surface area contributed by atoms with Gasteiger partial charge in [-0.05, 0) is 24.3 Å². The lowest BCUT2D eigenvalue weighted by atomic mass is 10.1. The molecule has 1 unspecified atom stereocenters. The van der Waals surface area contributed by atoms with Gasteiger partial charge in [0.25, 0.3) is 0 Å². The lowest BCUT2D eigenvalue weighted by Gasteiger charge is -2.01. The van der Waals surface area contributed by atoms with Gasteiger partial charge in [-0.15, -0.1) is 0 Å². The molecule has 0 bridgehead atoms. The van der Waals surface area contributed by atoms with Crippen LogP contribution in [0.4, 0.5) is 5.69 Å². The molecule has 2 rings (SSSR count). The molecule has 1 heterocycles. The zero-order valence-electron chi connectivity index (χ0n) is 8.80. The molecule has 0 saturated heterocycles. The summed E-state index contributed by atoms with van der Waals surface area (Å²) in [4.78, 5) is 11.6. The second kappa shape index (κ2) is 5.16. The standard InChI is InChI=1S/C13H13NO2/c15-13(11-7-9-16-10-11)6-8-14-12-4-2-1-3-5-12/h1-9,11,14H,10H2/b8-6-. The van der Waals surface area contributed by atoms with Crippen molar-refractivity contribution in [3.8, 4) is 0 Å². The van der Waals surface area contributed by atoms with E-state index in [9.17, 15) is 4.79 Å². The molecule has 0 radical (unpaired) electrons. The summed E-state index contributed by atoms with van der Waals surface area (Å²) in [7, 11) is 0. The largest absolute Gasteiger partial charge is 0.500 e. The van der Waals surface area contributed by atoms with Crippen molar-refractivity contribution in [2.24, 2.45) is 5.92 Å². The molecule has 16 heavy (non-hydrogen) atoms. The molecule has 1 aromatic carbocycles. The molecular formula is C13H13NO2. The highest BCUT2D eigenvalue weighted by Gasteiger charge is 2.16. The van der Waals surface area contributed by atoms with E-state index in [1.807, 2.05) is 30.3 Å². The summed E-state index contributed by atoms with van der Waals surface area (Å²) in [6.07, 6.45) is 6.54. The van der Waals surface area contributed by atoms with Crippen LogP contribution in [0.25, 0.3) is 0 Å². The molecule has 1 aromatic rings. The third kappa shape index (κ3) is 2.73. The number of benzene rings is 1. The Morgan fingerprint density at radius 1 is 1.38 bits per heavy atom. The summed E-state index contributed by atoms with van der Waals surface area (Å²) in [5.74, 6) is -0.0778. The van der Waals surface area contributed by atoms with Crippen LogP contribution in [0.5, 0.6) is 0 Å². The fraction of sp³-hybridized carbons (Fsp3) is 0.154. The Kier molecular flexibility index (Phi) is 3.38. The average molecular weight is 215 g/mol. The van der Waals surface area contributed by atoms with E-state index in [2.05, 4.69) is 5.32 Å². The summed E-state index contributed by atoms with van der Waals surface area (Å²) in [6.45, 7) is 0.453. The Hall–Kier alpha value is -2.03. The first kappa shape index (κ1) is 10.5. The van der Waals surface area contributed by atoms with Crippen LogP contribution in [0, 0.1) is 5.92 Å². The number of carbonyl (C=O) groups is 1. The summed E-state index contributed by atoms with van der Waals surface area (Å²) in [5.41, 5.74) is 0.963. The molecule has 0 saturated carbocycles. The van der Waals surface area contributed by atoms with E-state index < -0.39 is 0 Å². The number of carbonyl (C=O) groups excluding carboxylic acids is 1. The van der Waals surface area contributed by atoms with Gasteiger partial charge < -0.3 is 10.1 Å². The van der Waals surface area contributed by atoms with Crippen molar-refractivity contribution in [2.45, 2.75) is 0 Å². The Morgan fingerprint density at radius 3 is 2.88 bits per heavy atom. The van der Waals surface area contributed by atoms with Gasteiger partial charge in [0.05, 0.1) is 12.2 Å². The number of hydrogen-bond acceptors (Lipinski definition) is 3. The Balaban J connectivity index is 1.85. The van der Waals surface area contributed by atoms with Crippen LogP contribution in [0.2, 0.25) is 0 Å². The minimum absolute atomic E-state index is 0.0529. The second-order valence-electron chi connectivity index (χ2n) is 3.51. The monoisotopic (exact) mass is 215 g/mol. The minimum atomic E-state index is -0.131. The maximum absolute atomic E-state index is 11.6. The number of nitrogens with one attached hydrogen (secondary N) is 1. The molecule has 3 heteroatoms. The van der Waals surface area contributed by atoms with Gasteiger partial charge in [-0.2, -0.15) is 0 Å². The van der Waals surface area contributed by atoms with Crippen molar-refractivity contribution >= 4 is 11.5 Å². The Morgan fingerprint density at radius 2 is 2.19 bits per heavy atom. The van der Waals surface area contributed by atoms with Crippen LogP contribution >= 0.6 is 0 Å². The van der Waals surface area contributed by atoms with Crippen LogP contribution in [-0.4, -0.2) is 12.4 Å². The summed E-state index contributed by atoms with van der Waals surface area (Å²) in [6, 6.07) is 9.69. The predicted molar refractivity (Wildman–Crippen MR) is 62.8 cm³/mol. The van der Waals surface area contributed by atoms with Crippen LogP contribution in [-0.2, 0) is 9.53 Å². The molecular weight excluding hydrogens is 202 g/mol. The van der Waals surface area contributed by atoms with Crippen LogP contribution < -0.4 is 5.32 Å². The van der Waals surface area contributed by atoms with Crippen molar-refractivity contribution < 1.29 is 9.53 Å². The number of hydrogen-bond donors (Lipinski definition) is 1. The molecule has 0 amide bonds. The van der Waals surface area contributed by atoms with Gasteiger partial charge in [0.2, 0.25) is 0 Å². The quantitative estimate of drug-likeness (QED) is 0.783. The van der Waals surface area contributed by atoms with Crippen LogP contribution in [0.1, 0.15) is 0 Å². The van der Waals surface area contributed by atoms with Crippen molar-refractivity contribution in [3.63, 3.8) is 0 Å². The highest BCUT2D eigenvalue weighted by molar-refractivity contribution is 5.93. The molecule has 0 aromatic heterocycles. The number of allylic oxidation sites excluding steroid dienone is 1. The number of rotatable bonds is 4. The first-order valence-corrected chi connectivity index (χ1v) is 5.16. The van der Waals surface area contributed by atoms with Crippen molar-refractivity contribution in [1.29, 1.82) is 0 Å². The van der Waals surface area contributed by atoms with E-state index in [1.165, 1.54) is 6.08 Å². The molecule has 1 aliphatic heterocycles. The molecule has 0 fully saturated rings. The number of ketones is 1. The highest BCUT2D eigenvalue weighted by atomic mass is 16.5. The molecule has 1 aliphatic rings. The van der Waals surface area contributed by atoms with E-state index in [0.717, 1.165) is 5.69 Å². The maximum atomic E-state index is 11.6. The van der Waals surface area contributed by atoms with E-state index in [0.29, 0.717) is 6.61 Å². The SMILES string of the molecule is O=C(/C=C\Nc1ccccc1)C1C=COC1. The van der Waals surface area contributed by atoms with Crippen molar-refractivity contribution in [3.05, 3.63) is 54.9 Å². The fourth-order valence-corrected chi connectivity index (χ4v) is 1.42. The third-order valence-corrected chi connectivity index (χ3v) is 2.32. The van der Waals surface area contributed by atoms with E-state index in [4.69, 9.17) is 4.74 Å². The molecule has 0 spiro atoms. The van der Waals surface area contributed by atoms with Gasteiger partial charge in [-0.3, -0.25) is 4.79 Å². The molecule has 82 valence electrons. The molecule has 0 aliphatic carbocycles. The summed E-state index contributed by atoms with van der Waals surface area (Å²) >= 11 is 0. The van der Waals surface area contributed by atoms with E-state index in [-0.39, 0.29) is 11.7 Å². The van der Waals surface area contributed by atoms with Crippen molar-refractivity contribution in [2.75, 3.05) is 11.9 Å². The van der Waals surface area contributed by atoms with Crippen LogP contribution in [0.3, 0.4) is 0 Å².